The summed E-state index contributed by atoms with van der Waals surface area (Å²) in [5.41, 5.74) is 0. The molecule has 25 heavy (non-hydrogen) atoms. The van der Waals surface area contributed by atoms with E-state index in [1.54, 1.807) is 34.0 Å². The highest BCUT2D eigenvalue weighted by Gasteiger charge is 2.28. The number of imidazole rings is 1. The van der Waals surface area contributed by atoms with Gasteiger partial charge in [0.05, 0.1) is 6.10 Å². The Morgan fingerprint density at radius 2 is 2.20 bits per heavy atom. The molecule has 0 unspecified atom stereocenters. The Hall–Kier alpha value is -2.41. The predicted octanol–water partition coefficient (Wildman–Crippen LogP) is 1.76. The normalized spacial score (nSPS) is 21.0. The van der Waals surface area contributed by atoms with Crippen LogP contribution in [0, 0.1) is 12.7 Å². The smallest absolute Gasteiger partial charge is 0.242 e. The fourth-order valence-electron chi connectivity index (χ4n) is 2.98. The lowest BCUT2D eigenvalue weighted by Gasteiger charge is -2.22. The number of carbonyl (C=O) groups is 1. The third-order valence-electron chi connectivity index (χ3n) is 4.47. The van der Waals surface area contributed by atoms with Gasteiger partial charge in [0.1, 0.15) is 30.0 Å². The molecule has 1 fully saturated rings. The summed E-state index contributed by atoms with van der Waals surface area (Å²) in [7, 11) is 0. The van der Waals surface area contributed by atoms with Gasteiger partial charge in [-0.2, -0.15) is 0 Å². The van der Waals surface area contributed by atoms with Gasteiger partial charge in [0.25, 0.3) is 0 Å². The van der Waals surface area contributed by atoms with Crippen molar-refractivity contribution >= 4 is 5.91 Å². The van der Waals surface area contributed by atoms with E-state index in [1.807, 2.05) is 6.92 Å². The molecule has 1 aromatic carbocycles. The third kappa shape index (κ3) is 4.36. The van der Waals surface area contributed by atoms with E-state index in [4.69, 9.17) is 4.74 Å². The topological polar surface area (TPSA) is 67.6 Å². The number of ether oxygens (including phenoxy) is 1. The molecular formula is C18H22FN3O3. The van der Waals surface area contributed by atoms with Crippen LogP contribution in [0.1, 0.15) is 18.7 Å². The number of hydrogen-bond donors (Lipinski definition) is 1. The van der Waals surface area contributed by atoms with Crippen LogP contribution in [-0.2, 0) is 11.3 Å². The van der Waals surface area contributed by atoms with Crippen LogP contribution in [0.25, 0.3) is 0 Å². The molecule has 3 rings (SSSR count). The predicted molar refractivity (Wildman–Crippen MR) is 89.6 cm³/mol. The maximum Gasteiger partial charge on any atom is 0.242 e. The number of amides is 1. The average Bonchev–Trinajstić information content (AvgIpc) is 2.88. The highest BCUT2D eigenvalue weighted by atomic mass is 19.1. The first kappa shape index (κ1) is 17.4. The molecule has 2 heterocycles. The van der Waals surface area contributed by atoms with Crippen molar-refractivity contribution in [2.45, 2.75) is 38.5 Å². The molecule has 2 aromatic rings. The number of rotatable bonds is 4. The number of aromatic nitrogens is 2. The summed E-state index contributed by atoms with van der Waals surface area (Å²) in [6.07, 6.45) is 3.19. The van der Waals surface area contributed by atoms with Gasteiger partial charge in [0.2, 0.25) is 5.91 Å². The Labute approximate surface area is 145 Å². The number of nitrogens with zero attached hydrogens (tertiary/aromatic N) is 3. The van der Waals surface area contributed by atoms with E-state index in [-0.39, 0.29) is 18.3 Å². The molecule has 1 aliphatic rings. The quantitative estimate of drug-likeness (QED) is 0.915. The third-order valence-corrected chi connectivity index (χ3v) is 4.47. The van der Waals surface area contributed by atoms with Gasteiger partial charge >= 0.3 is 0 Å². The van der Waals surface area contributed by atoms with Gasteiger partial charge in [-0.25, -0.2) is 9.37 Å². The Kier molecular flexibility index (Phi) is 5.33. The van der Waals surface area contributed by atoms with Crippen molar-refractivity contribution in [1.82, 2.24) is 14.5 Å². The van der Waals surface area contributed by atoms with Gasteiger partial charge in [0, 0.05) is 38.0 Å². The summed E-state index contributed by atoms with van der Waals surface area (Å²) in [5.74, 6) is 0.779. The van der Waals surface area contributed by atoms with Gasteiger partial charge in [0.15, 0.2) is 0 Å². The number of aliphatic hydroxyl groups excluding tert-OH is 1. The van der Waals surface area contributed by atoms with Gasteiger partial charge < -0.3 is 19.3 Å². The summed E-state index contributed by atoms with van der Waals surface area (Å²) in [4.78, 5) is 18.3. The molecule has 7 heteroatoms. The van der Waals surface area contributed by atoms with Gasteiger partial charge in [-0.3, -0.25) is 4.79 Å². The fourth-order valence-corrected chi connectivity index (χ4v) is 2.98. The number of aliphatic hydroxyl groups is 1. The second-order valence-electron chi connectivity index (χ2n) is 6.24. The molecule has 1 amide bonds. The van der Waals surface area contributed by atoms with Crippen LogP contribution in [-0.4, -0.2) is 50.8 Å². The van der Waals surface area contributed by atoms with Crippen molar-refractivity contribution in [2.75, 3.05) is 13.1 Å². The Morgan fingerprint density at radius 1 is 1.40 bits per heavy atom. The number of aryl methyl sites for hydroxylation is 1. The Morgan fingerprint density at radius 3 is 2.92 bits per heavy atom. The van der Waals surface area contributed by atoms with E-state index in [0.29, 0.717) is 31.7 Å². The van der Waals surface area contributed by atoms with E-state index in [9.17, 15) is 14.3 Å². The molecule has 134 valence electrons. The average molecular weight is 347 g/mol. The molecule has 0 bridgehead atoms. The molecule has 1 aliphatic heterocycles. The molecule has 0 spiro atoms. The zero-order valence-corrected chi connectivity index (χ0v) is 14.1. The standard InChI is InChI=1S/C18H22FN3O3/c1-13-20-7-10-22(13)12-18(24)21-8-5-16(23)17(6-9-21)25-15-4-2-3-14(19)11-15/h2-4,7,10-11,16-17,23H,5-6,8-9,12H2,1H3/t16-,17-/m0/s1. The number of benzene rings is 1. The molecule has 0 aliphatic carbocycles. The highest BCUT2D eigenvalue weighted by Crippen LogP contribution is 2.20. The van der Waals surface area contributed by atoms with E-state index in [1.165, 1.54) is 12.1 Å². The molecule has 1 aromatic heterocycles. The summed E-state index contributed by atoms with van der Waals surface area (Å²) >= 11 is 0. The van der Waals surface area contributed by atoms with Crippen molar-refractivity contribution in [2.24, 2.45) is 0 Å². The van der Waals surface area contributed by atoms with E-state index in [0.717, 1.165) is 5.82 Å². The minimum absolute atomic E-state index is 0.0142. The number of halogens is 1. The molecular weight excluding hydrogens is 325 g/mol. The number of carbonyl (C=O) groups excluding carboxylic acids is 1. The van der Waals surface area contributed by atoms with Crippen LogP contribution in [0.3, 0.4) is 0 Å². The molecule has 0 saturated carbocycles. The zero-order valence-electron chi connectivity index (χ0n) is 14.1. The first-order valence-corrected chi connectivity index (χ1v) is 8.39. The van der Waals surface area contributed by atoms with E-state index >= 15 is 0 Å². The summed E-state index contributed by atoms with van der Waals surface area (Å²) in [5, 5.41) is 10.3. The summed E-state index contributed by atoms with van der Waals surface area (Å²) in [6, 6.07) is 5.86. The zero-order chi connectivity index (χ0) is 17.8. The minimum atomic E-state index is -0.698. The van der Waals surface area contributed by atoms with Crippen molar-refractivity contribution in [1.29, 1.82) is 0 Å². The second kappa shape index (κ2) is 7.65. The van der Waals surface area contributed by atoms with Crippen molar-refractivity contribution in [3.63, 3.8) is 0 Å². The monoisotopic (exact) mass is 347 g/mol. The Bertz CT molecular complexity index is 734. The summed E-state index contributed by atoms with van der Waals surface area (Å²) in [6.45, 7) is 3.04. The van der Waals surface area contributed by atoms with Gasteiger partial charge in [-0.15, -0.1) is 0 Å². The van der Waals surface area contributed by atoms with Gasteiger partial charge in [-0.05, 0) is 25.5 Å². The van der Waals surface area contributed by atoms with Crippen LogP contribution in [0.4, 0.5) is 4.39 Å². The highest BCUT2D eigenvalue weighted by molar-refractivity contribution is 5.76. The second-order valence-corrected chi connectivity index (χ2v) is 6.24. The lowest BCUT2D eigenvalue weighted by atomic mass is 10.1. The lowest BCUT2D eigenvalue weighted by Crippen LogP contribution is -2.35. The van der Waals surface area contributed by atoms with E-state index < -0.39 is 12.2 Å². The van der Waals surface area contributed by atoms with Crippen LogP contribution in [0.15, 0.2) is 36.7 Å². The van der Waals surface area contributed by atoms with Crippen LogP contribution in [0.2, 0.25) is 0 Å². The molecule has 0 radical (unpaired) electrons. The maximum absolute atomic E-state index is 13.3. The van der Waals surface area contributed by atoms with Crippen molar-refractivity contribution in [3.05, 3.63) is 48.3 Å². The van der Waals surface area contributed by atoms with Crippen LogP contribution >= 0.6 is 0 Å². The minimum Gasteiger partial charge on any atom is -0.488 e. The lowest BCUT2D eigenvalue weighted by molar-refractivity contribution is -0.131. The maximum atomic E-state index is 13.3. The van der Waals surface area contributed by atoms with Crippen molar-refractivity contribution in [3.8, 4) is 5.75 Å². The van der Waals surface area contributed by atoms with E-state index in [2.05, 4.69) is 4.98 Å². The molecule has 2 atom stereocenters. The molecule has 1 N–H and O–H groups in total. The SMILES string of the molecule is Cc1nccn1CC(=O)N1CC[C@H](Oc2cccc(F)c2)[C@@H](O)CC1. The number of likely N-dealkylation sites (tertiary alicyclic amines) is 1. The first-order chi connectivity index (χ1) is 12.0. The Balaban J connectivity index is 1.60. The number of hydrogen-bond acceptors (Lipinski definition) is 4. The van der Waals surface area contributed by atoms with Crippen LogP contribution in [0.5, 0.6) is 5.75 Å². The first-order valence-electron chi connectivity index (χ1n) is 8.39. The van der Waals surface area contributed by atoms with Crippen molar-refractivity contribution < 1.29 is 19.0 Å². The molecule has 6 nitrogen and oxygen atoms in total. The molecule has 1 saturated heterocycles. The van der Waals surface area contributed by atoms with Gasteiger partial charge in [-0.1, -0.05) is 6.07 Å². The summed E-state index contributed by atoms with van der Waals surface area (Å²) < 4.78 is 20.8. The fraction of sp³-hybridized carbons (Fsp3) is 0.444. The largest absolute Gasteiger partial charge is 0.488 e. The van der Waals surface area contributed by atoms with Crippen LogP contribution < -0.4 is 4.74 Å².